The number of aliphatic imine (C=N–C) groups is 1. The quantitative estimate of drug-likeness (QED) is 0.578. The molecule has 0 amide bonds. The van der Waals surface area contributed by atoms with Crippen LogP contribution in [0.25, 0.3) is 0 Å². The van der Waals surface area contributed by atoms with Gasteiger partial charge in [0.1, 0.15) is 0 Å². The van der Waals surface area contributed by atoms with E-state index in [9.17, 15) is 0 Å². The lowest BCUT2D eigenvalue weighted by Crippen LogP contribution is -2.48. The van der Waals surface area contributed by atoms with Gasteiger partial charge in [0.25, 0.3) is 0 Å². The van der Waals surface area contributed by atoms with Crippen LogP contribution in [0, 0.1) is 0 Å². The SMILES string of the molecule is CCCN1CCC(NC(=NCCc2ccc3c(c2)OCO3)NCC)CC1. The van der Waals surface area contributed by atoms with E-state index >= 15 is 0 Å². The third kappa shape index (κ3) is 5.27. The largest absolute Gasteiger partial charge is 0.454 e. The lowest BCUT2D eigenvalue weighted by Gasteiger charge is -2.32. The Bertz CT molecular complexity index is 597. The molecule has 6 heteroatoms. The number of nitrogens with one attached hydrogen (secondary N) is 2. The second-order valence-corrected chi connectivity index (χ2v) is 6.96. The molecule has 1 saturated heterocycles. The van der Waals surface area contributed by atoms with Crippen molar-refractivity contribution in [2.75, 3.05) is 39.5 Å². The lowest BCUT2D eigenvalue weighted by atomic mass is 10.1. The molecule has 0 radical (unpaired) electrons. The molecular formula is C20H32N4O2. The van der Waals surface area contributed by atoms with Gasteiger partial charge in [-0.3, -0.25) is 4.99 Å². The van der Waals surface area contributed by atoms with E-state index in [0.717, 1.165) is 37.0 Å². The van der Waals surface area contributed by atoms with Crippen molar-refractivity contribution in [2.24, 2.45) is 4.99 Å². The number of nitrogens with zero attached hydrogens (tertiary/aromatic N) is 2. The first-order valence-electron chi connectivity index (χ1n) is 9.94. The molecule has 0 saturated carbocycles. The number of rotatable bonds is 7. The summed E-state index contributed by atoms with van der Waals surface area (Å²) in [6.45, 7) is 9.90. The Morgan fingerprint density at radius 3 is 2.77 bits per heavy atom. The zero-order valence-electron chi connectivity index (χ0n) is 16.1. The van der Waals surface area contributed by atoms with Crippen molar-refractivity contribution in [3.63, 3.8) is 0 Å². The van der Waals surface area contributed by atoms with Gasteiger partial charge in [-0.2, -0.15) is 0 Å². The van der Waals surface area contributed by atoms with Crippen LogP contribution >= 0.6 is 0 Å². The van der Waals surface area contributed by atoms with E-state index in [0.29, 0.717) is 12.8 Å². The minimum absolute atomic E-state index is 0.322. The van der Waals surface area contributed by atoms with Crippen LogP contribution in [0.4, 0.5) is 0 Å². The highest BCUT2D eigenvalue weighted by Gasteiger charge is 2.19. The summed E-state index contributed by atoms with van der Waals surface area (Å²) >= 11 is 0. The Morgan fingerprint density at radius 1 is 1.19 bits per heavy atom. The molecule has 0 unspecified atom stereocenters. The molecule has 1 fully saturated rings. The van der Waals surface area contributed by atoms with Gasteiger partial charge >= 0.3 is 0 Å². The van der Waals surface area contributed by atoms with Crippen LogP contribution in [0.2, 0.25) is 0 Å². The first-order chi connectivity index (χ1) is 12.8. The van der Waals surface area contributed by atoms with Gasteiger partial charge in [-0.25, -0.2) is 0 Å². The van der Waals surface area contributed by atoms with Gasteiger partial charge in [0.05, 0.1) is 0 Å². The van der Waals surface area contributed by atoms with Crippen LogP contribution in [0.3, 0.4) is 0 Å². The third-order valence-electron chi connectivity index (χ3n) is 4.92. The summed E-state index contributed by atoms with van der Waals surface area (Å²) < 4.78 is 10.8. The molecular weight excluding hydrogens is 328 g/mol. The van der Waals surface area contributed by atoms with Gasteiger partial charge in [-0.05, 0) is 56.8 Å². The minimum Gasteiger partial charge on any atom is -0.454 e. The lowest BCUT2D eigenvalue weighted by molar-refractivity contribution is 0.174. The Morgan fingerprint density at radius 2 is 2.00 bits per heavy atom. The zero-order valence-corrected chi connectivity index (χ0v) is 16.1. The van der Waals surface area contributed by atoms with Gasteiger partial charge in [-0.1, -0.05) is 13.0 Å². The van der Waals surface area contributed by atoms with Gasteiger partial charge in [0.15, 0.2) is 17.5 Å². The van der Waals surface area contributed by atoms with E-state index in [2.05, 4.69) is 41.5 Å². The normalized spacial score (nSPS) is 18.2. The maximum Gasteiger partial charge on any atom is 0.231 e. The number of benzene rings is 1. The van der Waals surface area contributed by atoms with Crippen molar-refractivity contribution >= 4 is 5.96 Å². The zero-order chi connectivity index (χ0) is 18.2. The number of ether oxygens (including phenoxy) is 2. The van der Waals surface area contributed by atoms with E-state index in [1.54, 1.807) is 0 Å². The molecule has 0 atom stereocenters. The van der Waals surface area contributed by atoms with Crippen molar-refractivity contribution in [2.45, 2.75) is 45.6 Å². The van der Waals surface area contributed by atoms with Gasteiger partial charge in [0.2, 0.25) is 6.79 Å². The van der Waals surface area contributed by atoms with Crippen LogP contribution in [-0.2, 0) is 6.42 Å². The number of hydrogen-bond donors (Lipinski definition) is 2. The molecule has 0 aromatic heterocycles. The summed E-state index contributed by atoms with van der Waals surface area (Å²) in [7, 11) is 0. The maximum atomic E-state index is 5.44. The standard InChI is InChI=1S/C20H32N4O2/c1-3-11-24-12-8-17(9-13-24)23-20(21-4-2)22-10-7-16-5-6-18-19(14-16)26-15-25-18/h5-6,14,17H,3-4,7-13,15H2,1-2H3,(H2,21,22,23). The summed E-state index contributed by atoms with van der Waals surface area (Å²) in [4.78, 5) is 7.32. The molecule has 0 bridgehead atoms. The predicted octanol–water partition coefficient (Wildman–Crippen LogP) is 2.39. The molecule has 1 aromatic rings. The minimum atomic E-state index is 0.322. The van der Waals surface area contributed by atoms with Crippen LogP contribution in [-0.4, -0.2) is 56.4 Å². The Labute approximate surface area is 157 Å². The number of guanidine groups is 1. The van der Waals surface area contributed by atoms with Gasteiger partial charge in [-0.15, -0.1) is 0 Å². The van der Waals surface area contributed by atoms with Crippen LogP contribution < -0.4 is 20.1 Å². The number of fused-ring (bicyclic) bond motifs is 1. The average Bonchev–Trinajstić information content (AvgIpc) is 3.11. The molecule has 2 aliphatic rings. The number of hydrogen-bond acceptors (Lipinski definition) is 4. The fourth-order valence-corrected chi connectivity index (χ4v) is 3.52. The van der Waals surface area contributed by atoms with Crippen molar-refractivity contribution in [1.29, 1.82) is 0 Å². The molecule has 144 valence electrons. The van der Waals surface area contributed by atoms with E-state index < -0.39 is 0 Å². The summed E-state index contributed by atoms with van der Waals surface area (Å²) in [5, 5.41) is 6.99. The topological polar surface area (TPSA) is 58.1 Å². The predicted molar refractivity (Wildman–Crippen MR) is 105 cm³/mol. The van der Waals surface area contributed by atoms with Crippen molar-refractivity contribution in [3.8, 4) is 11.5 Å². The molecule has 0 spiro atoms. The number of piperidine rings is 1. The summed E-state index contributed by atoms with van der Waals surface area (Å²) in [6, 6.07) is 6.65. The third-order valence-corrected chi connectivity index (χ3v) is 4.92. The molecule has 6 nitrogen and oxygen atoms in total. The van der Waals surface area contributed by atoms with Crippen LogP contribution in [0.5, 0.6) is 11.5 Å². The summed E-state index contributed by atoms with van der Waals surface area (Å²) in [6.07, 6.45) is 4.50. The first-order valence-corrected chi connectivity index (χ1v) is 9.94. The smallest absolute Gasteiger partial charge is 0.231 e. The average molecular weight is 361 g/mol. The van der Waals surface area contributed by atoms with Crippen LogP contribution in [0.15, 0.2) is 23.2 Å². The van der Waals surface area contributed by atoms with E-state index in [1.807, 2.05) is 6.07 Å². The van der Waals surface area contributed by atoms with E-state index in [-0.39, 0.29) is 0 Å². The maximum absolute atomic E-state index is 5.44. The molecule has 3 rings (SSSR count). The van der Waals surface area contributed by atoms with E-state index in [1.165, 1.54) is 44.5 Å². The summed E-state index contributed by atoms with van der Waals surface area (Å²) in [5.41, 5.74) is 1.22. The van der Waals surface area contributed by atoms with Crippen molar-refractivity contribution in [1.82, 2.24) is 15.5 Å². The molecule has 2 heterocycles. The van der Waals surface area contributed by atoms with Gasteiger partial charge < -0.3 is 25.0 Å². The monoisotopic (exact) mass is 360 g/mol. The fourth-order valence-electron chi connectivity index (χ4n) is 3.52. The highest BCUT2D eigenvalue weighted by atomic mass is 16.7. The molecule has 0 aliphatic carbocycles. The number of likely N-dealkylation sites (tertiary alicyclic amines) is 1. The van der Waals surface area contributed by atoms with Crippen molar-refractivity contribution in [3.05, 3.63) is 23.8 Å². The molecule has 2 N–H and O–H groups in total. The highest BCUT2D eigenvalue weighted by molar-refractivity contribution is 5.80. The van der Waals surface area contributed by atoms with Crippen molar-refractivity contribution < 1.29 is 9.47 Å². The van der Waals surface area contributed by atoms with E-state index in [4.69, 9.17) is 14.5 Å². The fraction of sp³-hybridized carbons (Fsp3) is 0.650. The Kier molecular flexibility index (Phi) is 7.00. The Balaban J connectivity index is 1.48. The Hall–Kier alpha value is -1.95. The first kappa shape index (κ1) is 18.8. The molecule has 2 aliphatic heterocycles. The second kappa shape index (κ2) is 9.67. The molecule has 26 heavy (non-hydrogen) atoms. The second-order valence-electron chi connectivity index (χ2n) is 6.96. The summed E-state index contributed by atoms with van der Waals surface area (Å²) in [5.74, 6) is 2.61. The molecule has 1 aromatic carbocycles. The van der Waals surface area contributed by atoms with Crippen LogP contribution in [0.1, 0.15) is 38.7 Å². The highest BCUT2D eigenvalue weighted by Crippen LogP contribution is 2.32. The van der Waals surface area contributed by atoms with Gasteiger partial charge in [0, 0.05) is 32.2 Å².